The highest BCUT2D eigenvalue weighted by Crippen LogP contribution is 2.13. The van der Waals surface area contributed by atoms with E-state index in [0.717, 1.165) is 24.8 Å². The molecule has 0 atom stereocenters. The van der Waals surface area contributed by atoms with Gasteiger partial charge in [-0.05, 0) is 31.7 Å². The minimum Gasteiger partial charge on any atom is -0.466 e. The Morgan fingerprint density at radius 3 is 2.42 bits per heavy atom. The number of piperidine rings is 1. The van der Waals surface area contributed by atoms with Crippen LogP contribution in [0.3, 0.4) is 0 Å². The summed E-state index contributed by atoms with van der Waals surface area (Å²) in [6.07, 6.45) is 3.03. The zero-order valence-corrected chi connectivity index (χ0v) is 15.4. The number of hydrogen-bond acceptors (Lipinski definition) is 4. The third-order valence-electron chi connectivity index (χ3n) is 4.54. The molecule has 1 N–H and O–H groups in total. The van der Waals surface area contributed by atoms with Gasteiger partial charge in [0, 0.05) is 32.0 Å². The summed E-state index contributed by atoms with van der Waals surface area (Å²) in [5, 5.41) is 3.06. The molecule has 2 rings (SSSR count). The summed E-state index contributed by atoms with van der Waals surface area (Å²) in [5.41, 5.74) is 1.16. The first-order chi connectivity index (χ1) is 12.6. The molecule has 1 aromatic rings. The molecule has 1 saturated heterocycles. The fraction of sp³-hybridized carbons (Fsp3) is 0.550. The van der Waals surface area contributed by atoms with Gasteiger partial charge in [-0.2, -0.15) is 0 Å². The van der Waals surface area contributed by atoms with Gasteiger partial charge in [0.1, 0.15) is 0 Å². The molecule has 1 aliphatic heterocycles. The quantitative estimate of drug-likeness (QED) is 0.720. The van der Waals surface area contributed by atoms with E-state index in [2.05, 4.69) is 5.32 Å². The van der Waals surface area contributed by atoms with E-state index < -0.39 is 0 Å². The van der Waals surface area contributed by atoms with Crippen LogP contribution in [0, 0.1) is 0 Å². The molecular weight excluding hydrogens is 332 g/mol. The smallest absolute Gasteiger partial charge is 0.306 e. The molecule has 0 aromatic heterocycles. The van der Waals surface area contributed by atoms with E-state index >= 15 is 0 Å². The number of carbonyl (C=O) groups excluding carboxylic acids is 3. The fourth-order valence-electron chi connectivity index (χ4n) is 3.08. The van der Waals surface area contributed by atoms with Gasteiger partial charge in [0.25, 0.3) is 0 Å². The maximum absolute atomic E-state index is 12.1. The second-order valence-corrected chi connectivity index (χ2v) is 6.51. The van der Waals surface area contributed by atoms with Gasteiger partial charge in [0.05, 0.1) is 13.0 Å². The second-order valence-electron chi connectivity index (χ2n) is 6.51. The van der Waals surface area contributed by atoms with Gasteiger partial charge in [0.15, 0.2) is 0 Å². The maximum atomic E-state index is 12.1. The van der Waals surface area contributed by atoms with Crippen molar-refractivity contribution >= 4 is 17.8 Å². The number of rotatable bonds is 8. The van der Waals surface area contributed by atoms with Crippen LogP contribution in [0.2, 0.25) is 0 Å². The molecule has 0 radical (unpaired) electrons. The Kier molecular flexibility index (Phi) is 8.12. The number of esters is 1. The van der Waals surface area contributed by atoms with Crippen molar-refractivity contribution in [1.29, 1.82) is 0 Å². The predicted octanol–water partition coefficient (Wildman–Crippen LogP) is 2.07. The summed E-state index contributed by atoms with van der Waals surface area (Å²) in [5.74, 6) is -0.297. The lowest BCUT2D eigenvalue weighted by Gasteiger charge is -2.32. The number of ether oxygens (including phenoxy) is 1. The number of benzene rings is 1. The average Bonchev–Trinajstić information content (AvgIpc) is 2.66. The molecule has 1 aliphatic rings. The fourth-order valence-corrected chi connectivity index (χ4v) is 3.08. The van der Waals surface area contributed by atoms with E-state index in [-0.39, 0.29) is 36.7 Å². The molecule has 0 spiro atoms. The first kappa shape index (κ1) is 19.9. The molecule has 6 nitrogen and oxygen atoms in total. The topological polar surface area (TPSA) is 75.7 Å². The highest BCUT2D eigenvalue weighted by atomic mass is 16.5. The van der Waals surface area contributed by atoms with Crippen molar-refractivity contribution in [1.82, 2.24) is 10.2 Å². The van der Waals surface area contributed by atoms with Gasteiger partial charge in [-0.15, -0.1) is 0 Å². The Hall–Kier alpha value is -2.37. The number of aryl methyl sites for hydroxylation is 1. The van der Waals surface area contributed by atoms with Gasteiger partial charge in [-0.1, -0.05) is 30.3 Å². The molecule has 26 heavy (non-hydrogen) atoms. The van der Waals surface area contributed by atoms with Gasteiger partial charge in [-0.3, -0.25) is 14.4 Å². The molecule has 2 amide bonds. The lowest BCUT2D eigenvalue weighted by Crippen LogP contribution is -2.46. The first-order valence-corrected chi connectivity index (χ1v) is 9.35. The maximum Gasteiger partial charge on any atom is 0.306 e. The summed E-state index contributed by atoms with van der Waals surface area (Å²) < 4.78 is 4.84. The number of nitrogens with one attached hydrogen (secondary N) is 1. The van der Waals surface area contributed by atoms with Crippen LogP contribution in [-0.4, -0.2) is 48.4 Å². The van der Waals surface area contributed by atoms with Gasteiger partial charge >= 0.3 is 5.97 Å². The Morgan fingerprint density at radius 2 is 1.77 bits per heavy atom. The molecule has 1 heterocycles. The second kappa shape index (κ2) is 10.6. The minimum absolute atomic E-state index is 0.0214. The number of nitrogens with zero attached hydrogens (tertiary/aromatic N) is 1. The standard InChI is InChI=1S/C20H28N2O4/c1-2-26-20(25)11-10-19(24)22-14-12-17(13-15-22)21-18(23)9-8-16-6-4-3-5-7-16/h3-7,17H,2,8-15H2,1H3,(H,21,23). The summed E-state index contributed by atoms with van der Waals surface area (Å²) in [7, 11) is 0. The van der Waals surface area contributed by atoms with E-state index in [0.29, 0.717) is 26.1 Å². The Balaban J connectivity index is 1.63. The number of carbonyl (C=O) groups is 3. The molecule has 0 bridgehead atoms. The normalized spacial score (nSPS) is 14.7. The van der Waals surface area contributed by atoms with Crippen molar-refractivity contribution < 1.29 is 19.1 Å². The molecule has 142 valence electrons. The number of likely N-dealkylation sites (tertiary alicyclic amines) is 1. The molecular formula is C20H28N2O4. The summed E-state index contributed by atoms with van der Waals surface area (Å²) in [4.78, 5) is 37.3. The summed E-state index contributed by atoms with van der Waals surface area (Å²) >= 11 is 0. The minimum atomic E-state index is -0.332. The van der Waals surface area contributed by atoms with Crippen LogP contribution < -0.4 is 5.32 Å². The first-order valence-electron chi connectivity index (χ1n) is 9.35. The highest BCUT2D eigenvalue weighted by Gasteiger charge is 2.24. The van der Waals surface area contributed by atoms with Crippen LogP contribution in [0.4, 0.5) is 0 Å². The lowest BCUT2D eigenvalue weighted by atomic mass is 10.0. The van der Waals surface area contributed by atoms with Gasteiger partial charge < -0.3 is 15.0 Å². The van der Waals surface area contributed by atoms with E-state index in [1.165, 1.54) is 0 Å². The SMILES string of the molecule is CCOC(=O)CCC(=O)N1CCC(NC(=O)CCc2ccccc2)CC1. The van der Waals surface area contributed by atoms with Gasteiger partial charge in [0.2, 0.25) is 11.8 Å². The molecule has 1 fully saturated rings. The molecule has 0 aliphatic carbocycles. The Bertz CT molecular complexity index is 595. The van der Waals surface area contributed by atoms with Crippen LogP contribution in [0.5, 0.6) is 0 Å². The van der Waals surface area contributed by atoms with E-state index in [9.17, 15) is 14.4 Å². The van der Waals surface area contributed by atoms with Gasteiger partial charge in [-0.25, -0.2) is 0 Å². The molecule has 0 saturated carbocycles. The lowest BCUT2D eigenvalue weighted by molar-refractivity contribution is -0.146. The van der Waals surface area contributed by atoms with E-state index in [1.807, 2.05) is 30.3 Å². The van der Waals surface area contributed by atoms with E-state index in [4.69, 9.17) is 4.74 Å². The average molecular weight is 360 g/mol. The monoisotopic (exact) mass is 360 g/mol. The number of amides is 2. The third-order valence-corrected chi connectivity index (χ3v) is 4.54. The zero-order chi connectivity index (χ0) is 18.8. The Labute approximate surface area is 154 Å². The van der Waals surface area contributed by atoms with Crippen molar-refractivity contribution in [2.24, 2.45) is 0 Å². The molecule has 1 aromatic carbocycles. The summed E-state index contributed by atoms with van der Waals surface area (Å²) in [6.45, 7) is 3.32. The van der Waals surface area contributed by atoms with Crippen LogP contribution in [0.1, 0.15) is 44.6 Å². The predicted molar refractivity (Wildman–Crippen MR) is 98.4 cm³/mol. The highest BCUT2D eigenvalue weighted by molar-refractivity contribution is 5.81. The van der Waals surface area contributed by atoms with E-state index in [1.54, 1.807) is 11.8 Å². The zero-order valence-electron chi connectivity index (χ0n) is 15.4. The summed E-state index contributed by atoms with van der Waals surface area (Å²) in [6, 6.07) is 10.1. The van der Waals surface area contributed by atoms with Crippen LogP contribution in [0.15, 0.2) is 30.3 Å². The van der Waals surface area contributed by atoms with Crippen molar-refractivity contribution in [3.63, 3.8) is 0 Å². The molecule has 0 unspecified atom stereocenters. The molecule has 6 heteroatoms. The third kappa shape index (κ3) is 6.86. The van der Waals surface area contributed by atoms with Crippen LogP contribution in [-0.2, 0) is 25.5 Å². The van der Waals surface area contributed by atoms with Crippen LogP contribution >= 0.6 is 0 Å². The Morgan fingerprint density at radius 1 is 1.08 bits per heavy atom. The largest absolute Gasteiger partial charge is 0.466 e. The van der Waals surface area contributed by atoms with Crippen molar-refractivity contribution in [2.75, 3.05) is 19.7 Å². The van der Waals surface area contributed by atoms with Crippen molar-refractivity contribution in [2.45, 2.75) is 51.5 Å². The van der Waals surface area contributed by atoms with Crippen LogP contribution in [0.25, 0.3) is 0 Å². The van der Waals surface area contributed by atoms with Crippen molar-refractivity contribution in [3.05, 3.63) is 35.9 Å². The van der Waals surface area contributed by atoms with Crippen molar-refractivity contribution in [3.8, 4) is 0 Å². The number of hydrogen-bond donors (Lipinski definition) is 1.